The van der Waals surface area contributed by atoms with Crippen LogP contribution >= 0.6 is 15.9 Å². The fraction of sp³-hybridized carbons (Fsp3) is 0.250. The summed E-state index contributed by atoms with van der Waals surface area (Å²) in [5, 5.41) is 0. The van der Waals surface area contributed by atoms with E-state index in [9.17, 15) is 0 Å². The molecule has 1 heteroatoms. The number of halogens is 1. The maximum atomic E-state index is 3.64. The first-order valence-electron chi connectivity index (χ1n) is 5.84. The highest BCUT2D eigenvalue weighted by atomic mass is 79.9. The SMILES string of the molecule is CC(C)(C)c1cc(-c2ccccc2)ccc1Br. The lowest BCUT2D eigenvalue weighted by Gasteiger charge is -2.21. The van der Waals surface area contributed by atoms with Crippen molar-refractivity contribution >= 4 is 15.9 Å². The number of hydrogen-bond acceptors (Lipinski definition) is 0. The molecule has 0 saturated carbocycles. The van der Waals surface area contributed by atoms with Crippen LogP contribution in [0.15, 0.2) is 53.0 Å². The van der Waals surface area contributed by atoms with Crippen molar-refractivity contribution in [3.8, 4) is 11.1 Å². The molecule has 88 valence electrons. The molecule has 2 rings (SSSR count). The summed E-state index contributed by atoms with van der Waals surface area (Å²) < 4.78 is 1.18. The summed E-state index contributed by atoms with van der Waals surface area (Å²) in [4.78, 5) is 0. The zero-order valence-corrected chi connectivity index (χ0v) is 12.1. The Bertz CT molecular complexity index is 507. The van der Waals surface area contributed by atoms with E-state index in [0.29, 0.717) is 0 Å². The first kappa shape index (κ1) is 12.4. The fourth-order valence-corrected chi connectivity index (χ4v) is 2.75. The Kier molecular flexibility index (Phi) is 3.39. The molecule has 2 aromatic rings. The lowest BCUT2D eigenvalue weighted by molar-refractivity contribution is 0.587. The van der Waals surface area contributed by atoms with Crippen molar-refractivity contribution in [2.24, 2.45) is 0 Å². The van der Waals surface area contributed by atoms with Crippen LogP contribution in [0.3, 0.4) is 0 Å². The molecule has 0 aliphatic heterocycles. The van der Waals surface area contributed by atoms with Gasteiger partial charge >= 0.3 is 0 Å². The van der Waals surface area contributed by atoms with Crippen LogP contribution in [-0.2, 0) is 5.41 Å². The van der Waals surface area contributed by atoms with Gasteiger partial charge in [-0.25, -0.2) is 0 Å². The van der Waals surface area contributed by atoms with Crippen molar-refractivity contribution in [2.45, 2.75) is 26.2 Å². The molecular weight excluding hydrogens is 272 g/mol. The minimum atomic E-state index is 0.156. The molecule has 0 saturated heterocycles. The smallest absolute Gasteiger partial charge is 0.0213 e. The van der Waals surface area contributed by atoms with Crippen LogP contribution in [0.4, 0.5) is 0 Å². The van der Waals surface area contributed by atoms with Gasteiger partial charge in [-0.2, -0.15) is 0 Å². The molecular formula is C16H17Br. The van der Waals surface area contributed by atoms with E-state index in [1.807, 2.05) is 6.07 Å². The van der Waals surface area contributed by atoms with E-state index in [2.05, 4.69) is 79.2 Å². The lowest BCUT2D eigenvalue weighted by Crippen LogP contribution is -2.11. The molecule has 0 N–H and O–H groups in total. The van der Waals surface area contributed by atoms with Gasteiger partial charge in [0.15, 0.2) is 0 Å². The summed E-state index contributed by atoms with van der Waals surface area (Å²) in [5.41, 5.74) is 4.05. The van der Waals surface area contributed by atoms with Gasteiger partial charge in [0.1, 0.15) is 0 Å². The standard InChI is InChI=1S/C16H17Br/c1-16(2,3)14-11-13(9-10-15(14)17)12-7-5-4-6-8-12/h4-11H,1-3H3. The molecule has 0 unspecified atom stereocenters. The van der Waals surface area contributed by atoms with Gasteiger partial charge in [0.05, 0.1) is 0 Å². The van der Waals surface area contributed by atoms with Crippen molar-refractivity contribution in [3.05, 3.63) is 58.6 Å². The van der Waals surface area contributed by atoms with E-state index in [0.717, 1.165) is 0 Å². The first-order valence-corrected chi connectivity index (χ1v) is 6.63. The largest absolute Gasteiger partial charge is 0.0622 e. The van der Waals surface area contributed by atoms with Crippen LogP contribution in [0.25, 0.3) is 11.1 Å². The minimum absolute atomic E-state index is 0.156. The topological polar surface area (TPSA) is 0 Å². The summed E-state index contributed by atoms with van der Waals surface area (Å²) in [6, 6.07) is 17.1. The molecule has 0 nitrogen and oxygen atoms in total. The van der Waals surface area contributed by atoms with Crippen LogP contribution in [0.2, 0.25) is 0 Å². The van der Waals surface area contributed by atoms with Gasteiger partial charge in [-0.15, -0.1) is 0 Å². The maximum Gasteiger partial charge on any atom is 0.0213 e. The van der Waals surface area contributed by atoms with Gasteiger partial charge in [0, 0.05) is 4.47 Å². The Morgan fingerprint density at radius 2 is 1.47 bits per heavy atom. The molecule has 0 amide bonds. The molecule has 0 aliphatic carbocycles. The predicted molar refractivity (Wildman–Crippen MR) is 78.3 cm³/mol. The van der Waals surface area contributed by atoms with Crippen LogP contribution in [0.5, 0.6) is 0 Å². The van der Waals surface area contributed by atoms with Gasteiger partial charge in [0.25, 0.3) is 0 Å². The molecule has 0 aliphatic rings. The second-order valence-corrected chi connectivity index (χ2v) is 6.16. The molecule has 0 bridgehead atoms. The zero-order chi connectivity index (χ0) is 12.5. The molecule has 17 heavy (non-hydrogen) atoms. The number of hydrogen-bond donors (Lipinski definition) is 0. The van der Waals surface area contributed by atoms with Gasteiger partial charge in [-0.3, -0.25) is 0 Å². The van der Waals surface area contributed by atoms with Crippen LogP contribution < -0.4 is 0 Å². The highest BCUT2D eigenvalue weighted by Gasteiger charge is 2.17. The highest BCUT2D eigenvalue weighted by molar-refractivity contribution is 9.10. The van der Waals surface area contributed by atoms with E-state index < -0.39 is 0 Å². The van der Waals surface area contributed by atoms with E-state index in [1.54, 1.807) is 0 Å². The Balaban J connectivity index is 2.53. The third kappa shape index (κ3) is 2.78. The second kappa shape index (κ2) is 4.66. The predicted octanol–water partition coefficient (Wildman–Crippen LogP) is 5.41. The zero-order valence-electron chi connectivity index (χ0n) is 10.5. The maximum absolute atomic E-state index is 3.64. The third-order valence-corrected chi connectivity index (χ3v) is 3.57. The van der Waals surface area contributed by atoms with Crippen molar-refractivity contribution < 1.29 is 0 Å². The van der Waals surface area contributed by atoms with Crippen molar-refractivity contribution in [2.75, 3.05) is 0 Å². The Morgan fingerprint density at radius 1 is 0.824 bits per heavy atom. The number of benzene rings is 2. The molecule has 0 spiro atoms. The van der Waals surface area contributed by atoms with Gasteiger partial charge in [0.2, 0.25) is 0 Å². The quantitative estimate of drug-likeness (QED) is 0.658. The number of rotatable bonds is 1. The normalized spacial score (nSPS) is 11.5. The molecule has 0 aromatic heterocycles. The molecule has 2 aromatic carbocycles. The van der Waals surface area contributed by atoms with Crippen molar-refractivity contribution in [3.63, 3.8) is 0 Å². The molecule has 0 radical (unpaired) electrons. The molecule has 0 atom stereocenters. The van der Waals surface area contributed by atoms with Crippen molar-refractivity contribution in [1.82, 2.24) is 0 Å². The van der Waals surface area contributed by atoms with E-state index in [1.165, 1.54) is 21.2 Å². The van der Waals surface area contributed by atoms with Crippen LogP contribution in [0, 0.1) is 0 Å². The Hall–Kier alpha value is -1.08. The first-order chi connectivity index (χ1) is 7.98. The van der Waals surface area contributed by atoms with Gasteiger partial charge < -0.3 is 0 Å². The summed E-state index contributed by atoms with van der Waals surface area (Å²) in [5.74, 6) is 0. The summed E-state index contributed by atoms with van der Waals surface area (Å²) >= 11 is 3.64. The third-order valence-electron chi connectivity index (χ3n) is 2.88. The molecule has 0 fully saturated rings. The monoisotopic (exact) mass is 288 g/mol. The van der Waals surface area contributed by atoms with Gasteiger partial charge in [-0.05, 0) is 34.2 Å². The van der Waals surface area contributed by atoms with Crippen LogP contribution in [-0.4, -0.2) is 0 Å². The van der Waals surface area contributed by atoms with Gasteiger partial charge in [-0.1, -0.05) is 73.1 Å². The van der Waals surface area contributed by atoms with Crippen LogP contribution in [0.1, 0.15) is 26.3 Å². The Labute approximate surface area is 112 Å². The lowest BCUT2D eigenvalue weighted by atomic mass is 9.85. The highest BCUT2D eigenvalue weighted by Crippen LogP contribution is 2.33. The van der Waals surface area contributed by atoms with E-state index >= 15 is 0 Å². The minimum Gasteiger partial charge on any atom is -0.0622 e. The second-order valence-electron chi connectivity index (χ2n) is 5.31. The van der Waals surface area contributed by atoms with E-state index in [4.69, 9.17) is 0 Å². The summed E-state index contributed by atoms with van der Waals surface area (Å²) in [6.45, 7) is 6.71. The Morgan fingerprint density at radius 3 is 2.06 bits per heavy atom. The van der Waals surface area contributed by atoms with E-state index in [-0.39, 0.29) is 5.41 Å². The average molecular weight is 289 g/mol. The summed E-state index contributed by atoms with van der Waals surface area (Å²) in [6.07, 6.45) is 0. The average Bonchev–Trinajstić information content (AvgIpc) is 2.29. The summed E-state index contributed by atoms with van der Waals surface area (Å²) in [7, 11) is 0. The fourth-order valence-electron chi connectivity index (χ4n) is 1.91. The molecule has 0 heterocycles. The van der Waals surface area contributed by atoms with Crippen molar-refractivity contribution in [1.29, 1.82) is 0 Å².